The number of nitrogens with zero attached hydrogens (tertiary/aromatic N) is 4. The van der Waals surface area contributed by atoms with Crippen molar-refractivity contribution in [3.63, 3.8) is 0 Å². The quantitative estimate of drug-likeness (QED) is 0.568. The molecule has 2 aromatic rings. The van der Waals surface area contributed by atoms with E-state index in [9.17, 15) is 13.2 Å². The molecule has 0 bridgehead atoms. The molecule has 0 saturated carbocycles. The summed E-state index contributed by atoms with van der Waals surface area (Å²) in [6.45, 7) is 8.04. The van der Waals surface area contributed by atoms with Crippen LogP contribution in [-0.4, -0.2) is 72.8 Å². The second-order valence-electron chi connectivity index (χ2n) is 9.37. The van der Waals surface area contributed by atoms with Crippen LogP contribution >= 0.6 is 11.6 Å². The molecule has 4 rings (SSSR count). The maximum absolute atomic E-state index is 13.2. The van der Waals surface area contributed by atoms with Gasteiger partial charge in [0.1, 0.15) is 5.15 Å². The summed E-state index contributed by atoms with van der Waals surface area (Å²) < 4.78 is 29.7. The molecule has 1 fully saturated rings. The fourth-order valence-corrected chi connectivity index (χ4v) is 7.27. The number of likely N-dealkylation sites (tertiary alicyclic amines) is 1. The van der Waals surface area contributed by atoms with E-state index < -0.39 is 10.0 Å². The van der Waals surface area contributed by atoms with E-state index in [1.165, 1.54) is 10.00 Å². The normalized spacial score (nSPS) is 18.4. The van der Waals surface area contributed by atoms with Gasteiger partial charge in [0.15, 0.2) is 0 Å². The van der Waals surface area contributed by atoms with Crippen LogP contribution in [0.4, 0.5) is 0 Å². The number of rotatable bonds is 7. The molecule has 1 spiro atoms. The number of benzene rings is 1. The summed E-state index contributed by atoms with van der Waals surface area (Å²) in [7, 11) is -1.40. The largest absolute Gasteiger partial charge is 0.338 e. The summed E-state index contributed by atoms with van der Waals surface area (Å²) in [5.41, 5.74) is 1.65. The van der Waals surface area contributed by atoms with Gasteiger partial charge in [0.05, 0.1) is 10.4 Å². The molecular formula is C25H35ClN4O3S. The van der Waals surface area contributed by atoms with Gasteiger partial charge in [0.2, 0.25) is 10.0 Å². The van der Waals surface area contributed by atoms with E-state index in [1.807, 2.05) is 24.8 Å². The monoisotopic (exact) mass is 506 g/mol. The summed E-state index contributed by atoms with van der Waals surface area (Å²) in [6, 6.07) is 10.5. The Hall–Kier alpha value is -1.87. The summed E-state index contributed by atoms with van der Waals surface area (Å²) in [4.78, 5) is 17.8. The lowest BCUT2D eigenvalue weighted by Crippen LogP contribution is -2.56. The lowest BCUT2D eigenvalue weighted by atomic mass is 9.81. The molecule has 0 atom stereocenters. The Labute approximate surface area is 208 Å². The number of hydrogen-bond acceptors (Lipinski definition) is 4. The number of likely N-dealkylation sites (N-methyl/N-ethyl adjacent to an activating group) is 1. The Morgan fingerprint density at radius 3 is 2.18 bits per heavy atom. The van der Waals surface area contributed by atoms with E-state index >= 15 is 0 Å². The molecule has 9 heteroatoms. The Kier molecular flexibility index (Phi) is 7.43. The summed E-state index contributed by atoms with van der Waals surface area (Å²) >= 11 is 6.40. The van der Waals surface area contributed by atoms with Crippen molar-refractivity contribution in [2.75, 3.05) is 39.8 Å². The third-order valence-electron chi connectivity index (χ3n) is 7.36. The highest BCUT2D eigenvalue weighted by atomic mass is 35.5. The van der Waals surface area contributed by atoms with Gasteiger partial charge in [-0.3, -0.25) is 9.69 Å². The van der Waals surface area contributed by atoms with Crippen molar-refractivity contribution in [3.05, 3.63) is 52.8 Å². The molecule has 1 amide bonds. The summed E-state index contributed by atoms with van der Waals surface area (Å²) in [6.07, 6.45) is 3.20. The van der Waals surface area contributed by atoms with Crippen LogP contribution in [0.3, 0.4) is 0 Å². The fourth-order valence-electron chi connectivity index (χ4n) is 5.41. The third-order valence-corrected chi connectivity index (χ3v) is 9.60. The van der Waals surface area contributed by atoms with Crippen molar-refractivity contribution >= 4 is 27.5 Å². The molecule has 0 aliphatic carbocycles. The van der Waals surface area contributed by atoms with Gasteiger partial charge in [-0.25, -0.2) is 8.42 Å². The zero-order valence-electron chi connectivity index (χ0n) is 20.3. The molecule has 1 aromatic carbocycles. The highest BCUT2D eigenvalue weighted by Gasteiger charge is 2.44. The number of hydrogen-bond donors (Lipinski definition) is 0. The maximum Gasteiger partial charge on any atom is 0.253 e. The molecule has 1 aromatic heterocycles. The number of amides is 1. The number of sulfonamides is 1. The lowest BCUT2D eigenvalue weighted by molar-refractivity contribution is 0.0131. The predicted molar refractivity (Wildman–Crippen MR) is 135 cm³/mol. The van der Waals surface area contributed by atoms with Crippen LogP contribution in [0.5, 0.6) is 0 Å². The number of carbonyl (C=O) groups is 1. The highest BCUT2D eigenvalue weighted by Crippen LogP contribution is 2.42. The van der Waals surface area contributed by atoms with Crippen molar-refractivity contribution in [2.45, 2.75) is 56.5 Å². The molecule has 34 heavy (non-hydrogen) atoms. The first-order chi connectivity index (χ1) is 16.2. The van der Waals surface area contributed by atoms with Gasteiger partial charge in [0.25, 0.3) is 5.91 Å². The minimum Gasteiger partial charge on any atom is -0.338 e. The van der Waals surface area contributed by atoms with E-state index in [0.29, 0.717) is 31.7 Å². The third kappa shape index (κ3) is 4.41. The minimum atomic E-state index is -3.55. The standard InChI is InChI=1S/C25H35ClN4O3S/c1-4-14-29(15-5-2)34(32,33)21-8-6-20(7-9-21)24(31)28-16-12-25(13-17-28)22-10-11-23(26)30(22)19-18-27(25)3/h6-11H,4-5,12-19H2,1-3H3. The maximum atomic E-state index is 13.2. The first-order valence-corrected chi connectivity index (χ1v) is 14.0. The minimum absolute atomic E-state index is 0.0513. The molecule has 7 nitrogen and oxygen atoms in total. The van der Waals surface area contributed by atoms with Crippen LogP contribution in [0.15, 0.2) is 41.3 Å². The van der Waals surface area contributed by atoms with Gasteiger partial charge < -0.3 is 9.47 Å². The number of carbonyl (C=O) groups excluding carboxylic acids is 1. The average molecular weight is 507 g/mol. The number of aromatic nitrogens is 1. The second-order valence-corrected chi connectivity index (χ2v) is 11.7. The van der Waals surface area contributed by atoms with Crippen LogP contribution in [0.1, 0.15) is 55.6 Å². The highest BCUT2D eigenvalue weighted by molar-refractivity contribution is 7.89. The number of halogens is 1. The van der Waals surface area contributed by atoms with Crippen LogP contribution in [0, 0.1) is 0 Å². The van der Waals surface area contributed by atoms with Crippen molar-refractivity contribution in [2.24, 2.45) is 0 Å². The second kappa shape index (κ2) is 10.0. The smallest absolute Gasteiger partial charge is 0.253 e. The molecule has 0 N–H and O–H groups in total. The van der Waals surface area contributed by atoms with Crippen LogP contribution < -0.4 is 0 Å². The SMILES string of the molecule is CCCN(CCC)S(=O)(=O)c1ccc(C(=O)N2CCC3(CC2)c2ccc(Cl)n2CCN3C)cc1. The first kappa shape index (κ1) is 25.2. The molecule has 1 saturated heterocycles. The van der Waals surface area contributed by atoms with Crippen molar-refractivity contribution in [3.8, 4) is 0 Å². The fraction of sp³-hybridized carbons (Fsp3) is 0.560. The molecular weight excluding hydrogens is 472 g/mol. The molecule has 186 valence electrons. The van der Waals surface area contributed by atoms with Crippen molar-refractivity contribution < 1.29 is 13.2 Å². The first-order valence-electron chi connectivity index (χ1n) is 12.2. The molecule has 0 radical (unpaired) electrons. The topological polar surface area (TPSA) is 65.9 Å². The van der Waals surface area contributed by atoms with Crippen LogP contribution in [0.2, 0.25) is 5.15 Å². The van der Waals surface area contributed by atoms with Gasteiger partial charge >= 0.3 is 0 Å². The molecule has 2 aliphatic heterocycles. The Morgan fingerprint density at radius 2 is 1.59 bits per heavy atom. The van der Waals surface area contributed by atoms with Gasteiger partial charge in [-0.2, -0.15) is 4.31 Å². The Morgan fingerprint density at radius 1 is 0.971 bits per heavy atom. The van der Waals surface area contributed by atoms with E-state index in [1.54, 1.807) is 24.3 Å². The van der Waals surface area contributed by atoms with Gasteiger partial charge in [-0.15, -0.1) is 0 Å². The average Bonchev–Trinajstić information content (AvgIpc) is 3.23. The van der Waals surface area contributed by atoms with Crippen molar-refractivity contribution in [1.82, 2.24) is 18.7 Å². The lowest BCUT2D eigenvalue weighted by Gasteiger charge is -2.50. The number of fused-ring (bicyclic) bond motifs is 2. The molecule has 2 aliphatic rings. The number of piperidine rings is 1. The zero-order chi connectivity index (χ0) is 24.5. The van der Waals surface area contributed by atoms with E-state index in [-0.39, 0.29) is 16.3 Å². The summed E-state index contributed by atoms with van der Waals surface area (Å²) in [5, 5.41) is 0.771. The summed E-state index contributed by atoms with van der Waals surface area (Å²) in [5.74, 6) is -0.0513. The zero-order valence-corrected chi connectivity index (χ0v) is 21.9. The van der Waals surface area contributed by atoms with Crippen molar-refractivity contribution in [1.29, 1.82) is 0 Å². The van der Waals surface area contributed by atoms with Crippen LogP contribution in [0.25, 0.3) is 0 Å². The van der Waals surface area contributed by atoms with Gasteiger partial charge in [0, 0.05) is 50.5 Å². The molecule has 0 unspecified atom stereocenters. The van der Waals surface area contributed by atoms with E-state index in [2.05, 4.69) is 22.6 Å². The molecule has 3 heterocycles. The van der Waals surface area contributed by atoms with Gasteiger partial charge in [-0.1, -0.05) is 25.4 Å². The van der Waals surface area contributed by atoms with E-state index in [4.69, 9.17) is 11.6 Å². The van der Waals surface area contributed by atoms with Crippen LogP contribution in [-0.2, 0) is 22.1 Å². The Bertz CT molecular complexity index is 1120. The Balaban J connectivity index is 1.47. The van der Waals surface area contributed by atoms with E-state index in [0.717, 1.165) is 43.9 Å². The predicted octanol–water partition coefficient (Wildman–Crippen LogP) is 4.03. The van der Waals surface area contributed by atoms with Gasteiger partial charge in [-0.05, 0) is 69.1 Å².